The molecule has 1 amide bonds. The molecule has 0 spiro atoms. The van der Waals surface area contributed by atoms with E-state index in [1.54, 1.807) is 6.08 Å². The maximum absolute atomic E-state index is 13.0. The molecule has 1 aliphatic rings. The Kier molecular flexibility index (Phi) is 49.8. The number of allylic oxidation sites excluding steroid dienone is 25. The Morgan fingerprint density at radius 2 is 0.829 bits per heavy atom. The third-order valence-corrected chi connectivity index (χ3v) is 12.8. The van der Waals surface area contributed by atoms with E-state index in [2.05, 4.69) is 165 Å². The van der Waals surface area contributed by atoms with E-state index in [-0.39, 0.29) is 18.9 Å². The summed E-state index contributed by atoms with van der Waals surface area (Å²) in [7, 11) is 0. The van der Waals surface area contributed by atoms with E-state index >= 15 is 0 Å². The number of hydrogen-bond donors (Lipinski definition) is 6. The van der Waals surface area contributed by atoms with Gasteiger partial charge in [0, 0.05) is 6.42 Å². The van der Waals surface area contributed by atoms with Crippen LogP contribution in [0.25, 0.3) is 0 Å². The van der Waals surface area contributed by atoms with E-state index in [1.807, 2.05) is 6.08 Å². The molecule has 1 rings (SSSR count). The van der Waals surface area contributed by atoms with Crippen LogP contribution in [0, 0.1) is 0 Å². The zero-order valence-electron chi connectivity index (χ0n) is 47.4. The summed E-state index contributed by atoms with van der Waals surface area (Å²) in [5, 5.41) is 54.4. The molecule has 76 heavy (non-hydrogen) atoms. The fraction of sp³-hybridized carbons (Fsp3) is 0.597. The van der Waals surface area contributed by atoms with E-state index in [9.17, 15) is 30.3 Å². The lowest BCUT2D eigenvalue weighted by Gasteiger charge is -2.40. The van der Waals surface area contributed by atoms with Crippen LogP contribution in [-0.4, -0.2) is 87.5 Å². The fourth-order valence-electron chi connectivity index (χ4n) is 8.17. The van der Waals surface area contributed by atoms with Crippen molar-refractivity contribution in [3.8, 4) is 0 Å². The Hall–Kier alpha value is -4.19. The number of carbonyl (C=O) groups excluding carboxylic acids is 1. The maximum Gasteiger partial charge on any atom is 0.220 e. The first kappa shape index (κ1) is 69.8. The average molecular weight is 1050 g/mol. The molecule has 0 aromatic heterocycles. The molecular weight excluding hydrogens is 947 g/mol. The van der Waals surface area contributed by atoms with Crippen molar-refractivity contribution >= 4 is 5.91 Å². The van der Waals surface area contributed by atoms with Crippen LogP contribution in [0.4, 0.5) is 0 Å². The van der Waals surface area contributed by atoms with Crippen LogP contribution in [-0.2, 0) is 14.3 Å². The van der Waals surface area contributed by atoms with Gasteiger partial charge in [-0.05, 0) is 116 Å². The highest BCUT2D eigenvalue weighted by Gasteiger charge is 2.44. The first-order valence-corrected chi connectivity index (χ1v) is 29.7. The highest BCUT2D eigenvalue weighted by atomic mass is 16.7. The zero-order valence-corrected chi connectivity index (χ0v) is 47.4. The smallest absolute Gasteiger partial charge is 0.220 e. The van der Waals surface area contributed by atoms with Gasteiger partial charge in [0.15, 0.2) is 6.29 Å². The van der Waals surface area contributed by atoms with Crippen LogP contribution in [0.3, 0.4) is 0 Å². The van der Waals surface area contributed by atoms with Gasteiger partial charge in [-0.1, -0.05) is 236 Å². The molecule has 0 aliphatic carbocycles. The van der Waals surface area contributed by atoms with Gasteiger partial charge in [-0.15, -0.1) is 0 Å². The van der Waals surface area contributed by atoms with Gasteiger partial charge in [0.1, 0.15) is 24.4 Å². The van der Waals surface area contributed by atoms with Gasteiger partial charge in [0.2, 0.25) is 5.91 Å². The Morgan fingerprint density at radius 1 is 0.461 bits per heavy atom. The van der Waals surface area contributed by atoms with Crippen molar-refractivity contribution in [1.29, 1.82) is 0 Å². The van der Waals surface area contributed by atoms with Gasteiger partial charge in [0.05, 0.1) is 25.4 Å². The van der Waals surface area contributed by atoms with Crippen molar-refractivity contribution in [2.45, 2.75) is 243 Å². The Labute approximate surface area is 463 Å². The average Bonchev–Trinajstić information content (AvgIpc) is 3.42. The lowest BCUT2D eigenvalue weighted by Crippen LogP contribution is -2.60. The Bertz CT molecular complexity index is 1740. The van der Waals surface area contributed by atoms with E-state index in [0.717, 1.165) is 109 Å². The number of aliphatic hydroxyl groups is 5. The quantitative estimate of drug-likeness (QED) is 0.0261. The normalized spacial score (nSPS) is 20.0. The van der Waals surface area contributed by atoms with Crippen LogP contribution in [0.2, 0.25) is 0 Å². The van der Waals surface area contributed by atoms with E-state index in [1.165, 1.54) is 64.2 Å². The number of nitrogens with one attached hydrogen (secondary N) is 1. The third-order valence-electron chi connectivity index (χ3n) is 12.8. The second kappa shape index (κ2) is 54.2. The maximum atomic E-state index is 13.0. The van der Waals surface area contributed by atoms with E-state index in [0.29, 0.717) is 6.42 Å². The topological polar surface area (TPSA) is 149 Å². The van der Waals surface area contributed by atoms with Crippen molar-refractivity contribution in [2.24, 2.45) is 0 Å². The minimum absolute atomic E-state index is 0.225. The zero-order chi connectivity index (χ0) is 55.0. The molecule has 1 heterocycles. The predicted octanol–water partition coefficient (Wildman–Crippen LogP) is 15.2. The highest BCUT2D eigenvalue weighted by Crippen LogP contribution is 2.22. The van der Waals surface area contributed by atoms with Gasteiger partial charge in [0.25, 0.3) is 0 Å². The number of unbranched alkanes of at least 4 members (excludes halogenated alkanes) is 14. The minimum Gasteiger partial charge on any atom is -0.394 e. The van der Waals surface area contributed by atoms with Crippen molar-refractivity contribution in [3.05, 3.63) is 158 Å². The molecule has 0 aromatic carbocycles. The van der Waals surface area contributed by atoms with Gasteiger partial charge >= 0.3 is 0 Å². The number of aliphatic hydroxyl groups excluding tert-OH is 5. The number of rotatable bonds is 48. The van der Waals surface area contributed by atoms with Crippen molar-refractivity contribution in [3.63, 3.8) is 0 Å². The fourth-order valence-corrected chi connectivity index (χ4v) is 8.17. The summed E-state index contributed by atoms with van der Waals surface area (Å²) in [5.74, 6) is -0.226. The summed E-state index contributed by atoms with van der Waals surface area (Å²) in [6.07, 6.45) is 78.8. The lowest BCUT2D eigenvalue weighted by atomic mass is 9.99. The molecule has 9 nitrogen and oxygen atoms in total. The van der Waals surface area contributed by atoms with E-state index in [4.69, 9.17) is 9.47 Å². The number of carbonyl (C=O) groups is 1. The third kappa shape index (κ3) is 42.9. The standard InChI is InChI=1S/C67H107NO8/c1-3-5-7-9-11-13-15-17-19-21-22-23-24-25-26-27-28-29-30-31-32-33-34-35-36-37-38-39-40-41-43-45-47-49-51-53-55-57-63(71)68-60(59-75-67-66(74)65(73)64(72)62(58-69)76-67)61(70)56-54-52-50-48-46-44-42-20-18-16-14-12-10-8-6-4-2/h5,7,11,13,17,19,22-23,25-26,28-29,31-32,34-35,37-38,40-41,45-48,54,56,60-62,64-67,69-70,72-74H,3-4,6,8-10,12,14-16,18,20-21,24,27,30,33,36,39,42-44,49-53,55,57-59H2,1-2H3,(H,68,71)/b7-5-,13-11-,19-17-,23-22-,26-25-,29-28-,32-31-,35-34-,38-37-,41-40-,47-45-,48-46+,56-54+. The van der Waals surface area contributed by atoms with Crippen LogP contribution < -0.4 is 5.32 Å². The van der Waals surface area contributed by atoms with Crippen molar-refractivity contribution < 1.29 is 39.8 Å². The van der Waals surface area contributed by atoms with Crippen LogP contribution in [0.15, 0.2) is 158 Å². The summed E-state index contributed by atoms with van der Waals surface area (Å²) >= 11 is 0. The molecule has 1 fully saturated rings. The van der Waals surface area contributed by atoms with Crippen LogP contribution in [0.1, 0.15) is 200 Å². The SMILES string of the molecule is CC/C=C\C/C=C\C/C=C\C/C=C\C/C=C\C/C=C\C/C=C\C/C=C\C/C=C\C/C=C\C/C=C\CCCCCC(=O)NC(COC1OC(CO)C(O)C(O)C1O)C(O)/C=C/CC/C=C/CCCCCCCCCCCC. The first-order valence-electron chi connectivity index (χ1n) is 29.7. The second-order valence-electron chi connectivity index (χ2n) is 19.7. The van der Waals surface area contributed by atoms with Gasteiger partial charge in [-0.25, -0.2) is 0 Å². The molecule has 7 atom stereocenters. The molecule has 428 valence electrons. The summed E-state index contributed by atoms with van der Waals surface area (Å²) in [6.45, 7) is 3.61. The highest BCUT2D eigenvalue weighted by molar-refractivity contribution is 5.76. The molecule has 0 saturated carbocycles. The molecule has 0 bridgehead atoms. The number of amides is 1. The van der Waals surface area contributed by atoms with Gasteiger partial charge in [-0.3, -0.25) is 4.79 Å². The lowest BCUT2D eigenvalue weighted by molar-refractivity contribution is -0.302. The number of hydrogen-bond acceptors (Lipinski definition) is 8. The van der Waals surface area contributed by atoms with E-state index < -0.39 is 49.5 Å². The van der Waals surface area contributed by atoms with Crippen LogP contribution >= 0.6 is 0 Å². The summed E-state index contributed by atoms with van der Waals surface area (Å²) < 4.78 is 11.2. The molecule has 1 saturated heterocycles. The molecular formula is C67H107NO8. The molecule has 9 heteroatoms. The van der Waals surface area contributed by atoms with Crippen molar-refractivity contribution in [2.75, 3.05) is 13.2 Å². The monoisotopic (exact) mass is 1050 g/mol. The number of ether oxygens (including phenoxy) is 2. The summed E-state index contributed by atoms with van der Waals surface area (Å²) in [6, 6.07) is -0.852. The van der Waals surface area contributed by atoms with Gasteiger partial charge in [-0.2, -0.15) is 0 Å². The predicted molar refractivity (Wildman–Crippen MR) is 322 cm³/mol. The molecule has 0 aromatic rings. The summed E-state index contributed by atoms with van der Waals surface area (Å²) in [5.41, 5.74) is 0. The van der Waals surface area contributed by atoms with Gasteiger partial charge < -0.3 is 40.3 Å². The Morgan fingerprint density at radius 3 is 1.26 bits per heavy atom. The van der Waals surface area contributed by atoms with Crippen LogP contribution in [0.5, 0.6) is 0 Å². The molecule has 1 aliphatic heterocycles. The molecule has 6 N–H and O–H groups in total. The molecule has 0 radical (unpaired) electrons. The Balaban J connectivity index is 2.26. The van der Waals surface area contributed by atoms with Crippen molar-refractivity contribution in [1.82, 2.24) is 5.32 Å². The minimum atomic E-state index is -1.59. The largest absolute Gasteiger partial charge is 0.394 e. The second-order valence-corrected chi connectivity index (χ2v) is 19.7. The molecule has 7 unspecified atom stereocenters. The summed E-state index contributed by atoms with van der Waals surface area (Å²) in [4.78, 5) is 13.0. The first-order chi connectivity index (χ1) is 37.3.